The smallest absolute Gasteiger partial charge is 0.213 e. The maximum Gasteiger partial charge on any atom is 0.213 e. The van der Waals surface area contributed by atoms with Gasteiger partial charge >= 0.3 is 0 Å². The van der Waals surface area contributed by atoms with E-state index in [1.54, 1.807) is 21.0 Å². The van der Waals surface area contributed by atoms with Crippen molar-refractivity contribution in [3.8, 4) is 0 Å². The Kier molecular flexibility index (Phi) is 9.39. The van der Waals surface area contributed by atoms with Gasteiger partial charge < -0.3 is 10.2 Å². The van der Waals surface area contributed by atoms with Gasteiger partial charge in [0.1, 0.15) is 0 Å². The van der Waals surface area contributed by atoms with Crippen molar-refractivity contribution in [3.63, 3.8) is 0 Å². The standard InChI is InChI=1S/C21H37N5O2S/c1-5-20(19-11-8-7-9-12-19)25-15-17-26(18-16-25)21(22-3)23-13-10-14-24(4)29(27,28)6-2/h7-9,11-12,20H,5-6,10,13-18H2,1-4H3,(H,22,23). The zero-order chi connectivity index (χ0) is 21.3. The third-order valence-corrected chi connectivity index (χ3v) is 7.47. The fraction of sp³-hybridized carbons (Fsp3) is 0.667. The Balaban J connectivity index is 1.80. The minimum absolute atomic E-state index is 0.143. The van der Waals surface area contributed by atoms with Gasteiger partial charge in [0.15, 0.2) is 5.96 Å². The van der Waals surface area contributed by atoms with Gasteiger partial charge in [-0.2, -0.15) is 0 Å². The first-order valence-electron chi connectivity index (χ1n) is 10.6. The van der Waals surface area contributed by atoms with Crippen LogP contribution in [0, 0.1) is 0 Å². The summed E-state index contributed by atoms with van der Waals surface area (Å²) in [5, 5.41) is 3.39. The molecule has 7 nitrogen and oxygen atoms in total. The molecule has 1 atom stereocenters. The maximum absolute atomic E-state index is 11.8. The molecule has 1 fully saturated rings. The summed E-state index contributed by atoms with van der Waals surface area (Å²) in [6.45, 7) is 9.03. The molecule has 1 heterocycles. The van der Waals surface area contributed by atoms with Crippen LogP contribution in [0.5, 0.6) is 0 Å². The van der Waals surface area contributed by atoms with Crippen molar-refractivity contribution >= 4 is 16.0 Å². The Labute approximate surface area is 176 Å². The highest BCUT2D eigenvalue weighted by atomic mass is 32.2. The Morgan fingerprint density at radius 2 is 1.83 bits per heavy atom. The maximum atomic E-state index is 11.8. The number of piperazine rings is 1. The molecule has 1 aromatic carbocycles. The number of hydrogen-bond donors (Lipinski definition) is 1. The normalized spacial score (nSPS) is 17.6. The van der Waals surface area contributed by atoms with Crippen LogP contribution in [0.3, 0.4) is 0 Å². The van der Waals surface area contributed by atoms with Gasteiger partial charge in [0, 0.05) is 59.4 Å². The number of sulfonamides is 1. The van der Waals surface area contributed by atoms with Crippen LogP contribution in [0.1, 0.15) is 38.3 Å². The first kappa shape index (κ1) is 23.6. The molecule has 0 aromatic heterocycles. The van der Waals surface area contributed by atoms with E-state index in [2.05, 4.69) is 57.4 Å². The second-order valence-electron chi connectivity index (χ2n) is 7.41. The van der Waals surface area contributed by atoms with Crippen LogP contribution in [0.2, 0.25) is 0 Å². The zero-order valence-corrected chi connectivity index (χ0v) is 19.2. The zero-order valence-electron chi connectivity index (χ0n) is 18.3. The van der Waals surface area contributed by atoms with Gasteiger partial charge in [-0.1, -0.05) is 37.3 Å². The van der Waals surface area contributed by atoms with E-state index in [4.69, 9.17) is 0 Å². The van der Waals surface area contributed by atoms with E-state index >= 15 is 0 Å². The lowest BCUT2D eigenvalue weighted by Gasteiger charge is -2.40. The van der Waals surface area contributed by atoms with Gasteiger partial charge in [-0.3, -0.25) is 9.89 Å². The van der Waals surface area contributed by atoms with Crippen LogP contribution >= 0.6 is 0 Å². The summed E-state index contributed by atoms with van der Waals surface area (Å²) < 4.78 is 25.1. The first-order valence-corrected chi connectivity index (χ1v) is 12.2. The molecular weight excluding hydrogens is 386 g/mol. The number of nitrogens with zero attached hydrogens (tertiary/aromatic N) is 4. The van der Waals surface area contributed by atoms with E-state index in [0.29, 0.717) is 19.1 Å². The van der Waals surface area contributed by atoms with Crippen LogP contribution < -0.4 is 5.32 Å². The molecule has 0 saturated carbocycles. The second-order valence-corrected chi connectivity index (χ2v) is 9.77. The van der Waals surface area contributed by atoms with Crippen molar-refractivity contribution in [2.75, 3.05) is 59.1 Å². The lowest BCUT2D eigenvalue weighted by Crippen LogP contribution is -2.53. The monoisotopic (exact) mass is 423 g/mol. The topological polar surface area (TPSA) is 68.2 Å². The number of aliphatic imine (C=N–C) groups is 1. The van der Waals surface area contributed by atoms with E-state index in [0.717, 1.165) is 45.0 Å². The van der Waals surface area contributed by atoms with Crippen molar-refractivity contribution in [1.82, 2.24) is 19.4 Å². The fourth-order valence-electron chi connectivity index (χ4n) is 3.82. The summed E-state index contributed by atoms with van der Waals surface area (Å²) in [6.07, 6.45) is 1.85. The van der Waals surface area contributed by atoms with Gasteiger partial charge in [0.25, 0.3) is 0 Å². The largest absolute Gasteiger partial charge is 0.356 e. The average molecular weight is 424 g/mol. The van der Waals surface area contributed by atoms with E-state index < -0.39 is 10.0 Å². The highest BCUT2D eigenvalue weighted by molar-refractivity contribution is 7.89. The summed E-state index contributed by atoms with van der Waals surface area (Å²) in [5.41, 5.74) is 1.39. The molecule has 2 rings (SSSR count). The molecule has 0 spiro atoms. The number of guanidine groups is 1. The van der Waals surface area contributed by atoms with Crippen LogP contribution in [0.25, 0.3) is 0 Å². The molecular formula is C21H37N5O2S. The highest BCUT2D eigenvalue weighted by Gasteiger charge is 2.25. The van der Waals surface area contributed by atoms with E-state index in [1.807, 2.05) is 0 Å². The third-order valence-electron chi connectivity index (χ3n) is 5.61. The van der Waals surface area contributed by atoms with Crippen molar-refractivity contribution < 1.29 is 8.42 Å². The highest BCUT2D eigenvalue weighted by Crippen LogP contribution is 2.25. The molecule has 1 unspecified atom stereocenters. The summed E-state index contributed by atoms with van der Waals surface area (Å²) >= 11 is 0. The van der Waals surface area contributed by atoms with Gasteiger partial charge in [0.05, 0.1) is 5.75 Å². The van der Waals surface area contributed by atoms with Crippen molar-refractivity contribution in [2.45, 2.75) is 32.7 Å². The van der Waals surface area contributed by atoms with Crippen LogP contribution in [0.4, 0.5) is 0 Å². The van der Waals surface area contributed by atoms with E-state index in [-0.39, 0.29) is 5.75 Å². The summed E-state index contributed by atoms with van der Waals surface area (Å²) in [7, 11) is 0.344. The Morgan fingerprint density at radius 3 is 2.38 bits per heavy atom. The quantitative estimate of drug-likeness (QED) is 0.374. The summed E-state index contributed by atoms with van der Waals surface area (Å²) in [4.78, 5) is 9.27. The van der Waals surface area contributed by atoms with Crippen molar-refractivity contribution in [2.24, 2.45) is 4.99 Å². The first-order chi connectivity index (χ1) is 13.9. The van der Waals surface area contributed by atoms with Crippen LogP contribution in [0.15, 0.2) is 35.3 Å². The predicted molar refractivity (Wildman–Crippen MR) is 121 cm³/mol. The van der Waals surface area contributed by atoms with Crippen LogP contribution in [-0.2, 0) is 10.0 Å². The van der Waals surface area contributed by atoms with Crippen LogP contribution in [-0.4, -0.2) is 87.6 Å². The SMILES string of the molecule is CCC(c1ccccc1)N1CCN(C(=NC)NCCCN(C)S(=O)(=O)CC)CC1. The molecule has 8 heteroatoms. The minimum Gasteiger partial charge on any atom is -0.356 e. The Hall–Kier alpha value is -1.64. The number of rotatable bonds is 9. The Bertz CT molecular complexity index is 731. The molecule has 1 N–H and O–H groups in total. The summed E-state index contributed by atoms with van der Waals surface area (Å²) in [5.74, 6) is 1.04. The second kappa shape index (κ2) is 11.5. The van der Waals surface area contributed by atoms with Crippen molar-refractivity contribution in [3.05, 3.63) is 35.9 Å². The lowest BCUT2D eigenvalue weighted by atomic mass is 10.0. The third kappa shape index (κ3) is 6.69. The van der Waals surface area contributed by atoms with Crippen molar-refractivity contribution in [1.29, 1.82) is 0 Å². The Morgan fingerprint density at radius 1 is 1.17 bits per heavy atom. The minimum atomic E-state index is -3.11. The number of benzene rings is 1. The molecule has 29 heavy (non-hydrogen) atoms. The van der Waals surface area contributed by atoms with Gasteiger partial charge in [-0.25, -0.2) is 12.7 Å². The number of nitrogens with one attached hydrogen (secondary N) is 1. The molecule has 1 aromatic rings. The molecule has 1 aliphatic rings. The molecule has 0 bridgehead atoms. The number of hydrogen-bond acceptors (Lipinski definition) is 4. The molecule has 0 aliphatic carbocycles. The fourth-order valence-corrected chi connectivity index (χ4v) is 4.67. The van der Waals surface area contributed by atoms with Gasteiger partial charge in [0.2, 0.25) is 10.0 Å². The molecule has 0 radical (unpaired) electrons. The lowest BCUT2D eigenvalue weighted by molar-refractivity contribution is 0.127. The predicted octanol–water partition coefficient (Wildman–Crippen LogP) is 2.00. The van der Waals surface area contributed by atoms with Gasteiger partial charge in [-0.05, 0) is 25.3 Å². The summed E-state index contributed by atoms with van der Waals surface area (Å²) in [6, 6.07) is 11.2. The average Bonchev–Trinajstić information content (AvgIpc) is 2.75. The molecule has 1 saturated heterocycles. The van der Waals surface area contributed by atoms with E-state index in [1.165, 1.54) is 9.87 Å². The molecule has 164 valence electrons. The van der Waals surface area contributed by atoms with Gasteiger partial charge in [-0.15, -0.1) is 0 Å². The van der Waals surface area contributed by atoms with E-state index in [9.17, 15) is 8.42 Å². The molecule has 0 amide bonds. The molecule has 1 aliphatic heterocycles.